The van der Waals surface area contributed by atoms with Gasteiger partial charge in [0.05, 0.1) is 12.6 Å². The number of hydrogen-bond acceptors (Lipinski definition) is 2. The Morgan fingerprint density at radius 1 is 1.47 bits per heavy atom. The molecule has 1 atom stereocenters. The van der Waals surface area contributed by atoms with Crippen molar-refractivity contribution in [3.8, 4) is 0 Å². The zero-order valence-corrected chi connectivity index (χ0v) is 8.85. The Labute approximate surface area is 89.8 Å². The van der Waals surface area contributed by atoms with Crippen LogP contribution in [0.5, 0.6) is 0 Å². The molecule has 82 valence electrons. The summed E-state index contributed by atoms with van der Waals surface area (Å²) in [6.45, 7) is 0.0329. The van der Waals surface area contributed by atoms with Crippen LogP contribution in [0.2, 0.25) is 0 Å². The van der Waals surface area contributed by atoms with Gasteiger partial charge < -0.3 is 16.2 Å². The molecule has 0 spiro atoms. The first-order chi connectivity index (χ1) is 7.26. The molecule has 1 aromatic carbocycles. The van der Waals surface area contributed by atoms with E-state index in [1.165, 1.54) is 0 Å². The fraction of sp³-hybridized carbons (Fsp3) is 0.364. The SMILES string of the molecule is CN=C(N)NC(CO)Cc1ccccc1. The van der Waals surface area contributed by atoms with Crippen LogP contribution in [0.15, 0.2) is 35.3 Å². The molecule has 0 aliphatic heterocycles. The number of benzene rings is 1. The number of aliphatic imine (C=N–C) groups is 1. The van der Waals surface area contributed by atoms with Gasteiger partial charge >= 0.3 is 0 Å². The van der Waals surface area contributed by atoms with Gasteiger partial charge in [-0.05, 0) is 12.0 Å². The molecule has 0 amide bonds. The highest BCUT2D eigenvalue weighted by Gasteiger charge is 2.08. The van der Waals surface area contributed by atoms with Crippen molar-refractivity contribution in [1.82, 2.24) is 5.32 Å². The number of guanidine groups is 1. The van der Waals surface area contributed by atoms with E-state index in [1.54, 1.807) is 7.05 Å². The Morgan fingerprint density at radius 3 is 2.67 bits per heavy atom. The monoisotopic (exact) mass is 207 g/mol. The van der Waals surface area contributed by atoms with Crippen molar-refractivity contribution >= 4 is 5.96 Å². The average molecular weight is 207 g/mol. The molecule has 4 nitrogen and oxygen atoms in total. The summed E-state index contributed by atoms with van der Waals surface area (Å²) < 4.78 is 0. The summed E-state index contributed by atoms with van der Waals surface area (Å²) in [5, 5.41) is 12.1. The van der Waals surface area contributed by atoms with Gasteiger partial charge in [-0.2, -0.15) is 0 Å². The van der Waals surface area contributed by atoms with E-state index in [4.69, 9.17) is 10.8 Å². The quantitative estimate of drug-likeness (QED) is 0.485. The third-order valence-corrected chi connectivity index (χ3v) is 2.14. The average Bonchev–Trinajstić information content (AvgIpc) is 2.29. The summed E-state index contributed by atoms with van der Waals surface area (Å²) in [5.74, 6) is 0.352. The van der Waals surface area contributed by atoms with Crippen LogP contribution in [0.25, 0.3) is 0 Å². The molecule has 1 unspecified atom stereocenters. The fourth-order valence-electron chi connectivity index (χ4n) is 1.33. The molecular weight excluding hydrogens is 190 g/mol. The molecule has 1 aromatic rings. The van der Waals surface area contributed by atoms with Crippen molar-refractivity contribution in [3.05, 3.63) is 35.9 Å². The Hall–Kier alpha value is -1.55. The number of aliphatic hydroxyl groups excluding tert-OH is 1. The van der Waals surface area contributed by atoms with Crippen LogP contribution in [0.1, 0.15) is 5.56 Å². The lowest BCUT2D eigenvalue weighted by atomic mass is 10.1. The minimum Gasteiger partial charge on any atom is -0.394 e. The molecule has 0 radical (unpaired) electrons. The van der Waals surface area contributed by atoms with Gasteiger partial charge in [0.2, 0.25) is 0 Å². The predicted molar refractivity (Wildman–Crippen MR) is 61.7 cm³/mol. The Morgan fingerprint density at radius 2 is 2.13 bits per heavy atom. The van der Waals surface area contributed by atoms with E-state index in [9.17, 15) is 0 Å². The normalized spacial score (nSPS) is 13.6. The van der Waals surface area contributed by atoms with Gasteiger partial charge in [0.25, 0.3) is 0 Å². The number of aliphatic hydroxyl groups is 1. The molecule has 0 aliphatic rings. The molecule has 1 rings (SSSR count). The summed E-state index contributed by atoms with van der Waals surface area (Å²) >= 11 is 0. The topological polar surface area (TPSA) is 70.6 Å². The number of rotatable bonds is 4. The lowest BCUT2D eigenvalue weighted by molar-refractivity contribution is 0.254. The van der Waals surface area contributed by atoms with E-state index in [-0.39, 0.29) is 12.6 Å². The summed E-state index contributed by atoms with van der Waals surface area (Å²) in [6, 6.07) is 9.86. The second-order valence-electron chi connectivity index (χ2n) is 3.32. The molecule has 0 saturated heterocycles. The first-order valence-electron chi connectivity index (χ1n) is 4.90. The van der Waals surface area contributed by atoms with E-state index < -0.39 is 0 Å². The van der Waals surface area contributed by atoms with Crippen molar-refractivity contribution in [2.75, 3.05) is 13.7 Å². The third-order valence-electron chi connectivity index (χ3n) is 2.14. The van der Waals surface area contributed by atoms with Crippen LogP contribution in [0.3, 0.4) is 0 Å². The van der Waals surface area contributed by atoms with Crippen LogP contribution in [0.4, 0.5) is 0 Å². The molecule has 15 heavy (non-hydrogen) atoms. The first kappa shape index (κ1) is 11.5. The molecule has 0 heterocycles. The zero-order chi connectivity index (χ0) is 11.1. The molecule has 0 aliphatic carbocycles. The van der Waals surface area contributed by atoms with Gasteiger partial charge in [-0.25, -0.2) is 0 Å². The van der Waals surface area contributed by atoms with Crippen LogP contribution in [0, 0.1) is 0 Å². The van der Waals surface area contributed by atoms with Crippen molar-refractivity contribution < 1.29 is 5.11 Å². The molecule has 4 N–H and O–H groups in total. The Balaban J connectivity index is 2.54. The summed E-state index contributed by atoms with van der Waals surface area (Å²) in [5.41, 5.74) is 6.69. The van der Waals surface area contributed by atoms with Crippen LogP contribution >= 0.6 is 0 Å². The van der Waals surface area contributed by atoms with Crippen molar-refractivity contribution in [2.24, 2.45) is 10.7 Å². The van der Waals surface area contributed by atoms with E-state index in [0.29, 0.717) is 5.96 Å². The zero-order valence-electron chi connectivity index (χ0n) is 8.85. The molecule has 0 bridgehead atoms. The highest BCUT2D eigenvalue weighted by Crippen LogP contribution is 2.02. The third kappa shape index (κ3) is 3.99. The number of nitrogens with zero attached hydrogens (tertiary/aromatic N) is 1. The van der Waals surface area contributed by atoms with Gasteiger partial charge in [-0.1, -0.05) is 30.3 Å². The Kier molecular flexibility index (Phi) is 4.63. The predicted octanol–water partition coefficient (Wildman–Crippen LogP) is 0.124. The smallest absolute Gasteiger partial charge is 0.188 e. The van der Waals surface area contributed by atoms with Crippen molar-refractivity contribution in [1.29, 1.82) is 0 Å². The highest BCUT2D eigenvalue weighted by molar-refractivity contribution is 5.77. The van der Waals surface area contributed by atoms with Crippen LogP contribution in [-0.4, -0.2) is 30.8 Å². The van der Waals surface area contributed by atoms with Gasteiger partial charge in [-0.3, -0.25) is 4.99 Å². The fourth-order valence-corrected chi connectivity index (χ4v) is 1.33. The van der Waals surface area contributed by atoms with E-state index in [1.807, 2.05) is 30.3 Å². The lowest BCUT2D eigenvalue weighted by Crippen LogP contribution is -2.43. The van der Waals surface area contributed by atoms with E-state index >= 15 is 0 Å². The minimum absolute atomic E-state index is 0.0329. The maximum atomic E-state index is 9.16. The molecular formula is C11H17N3O. The van der Waals surface area contributed by atoms with Gasteiger partial charge in [0, 0.05) is 7.05 Å². The first-order valence-corrected chi connectivity index (χ1v) is 4.90. The second kappa shape index (κ2) is 6.03. The van der Waals surface area contributed by atoms with Crippen LogP contribution < -0.4 is 11.1 Å². The summed E-state index contributed by atoms with van der Waals surface area (Å²) in [6.07, 6.45) is 0.730. The van der Waals surface area contributed by atoms with Gasteiger partial charge in [0.15, 0.2) is 5.96 Å². The number of hydrogen-bond donors (Lipinski definition) is 3. The number of nitrogens with one attached hydrogen (secondary N) is 1. The molecule has 4 heteroatoms. The maximum absolute atomic E-state index is 9.16. The summed E-state index contributed by atoms with van der Waals surface area (Å²) in [7, 11) is 1.61. The number of nitrogens with two attached hydrogens (primary N) is 1. The molecule has 0 fully saturated rings. The standard InChI is InChI=1S/C11H17N3O/c1-13-11(12)14-10(8-15)7-9-5-3-2-4-6-9/h2-6,10,15H,7-8H2,1H3,(H3,12,13,14). The van der Waals surface area contributed by atoms with E-state index in [0.717, 1.165) is 12.0 Å². The minimum atomic E-state index is -0.0869. The second-order valence-corrected chi connectivity index (χ2v) is 3.32. The molecule has 0 aromatic heterocycles. The highest BCUT2D eigenvalue weighted by atomic mass is 16.3. The Bertz CT molecular complexity index is 311. The molecule has 0 saturated carbocycles. The van der Waals surface area contributed by atoms with Gasteiger partial charge in [0.1, 0.15) is 0 Å². The van der Waals surface area contributed by atoms with Gasteiger partial charge in [-0.15, -0.1) is 0 Å². The van der Waals surface area contributed by atoms with Crippen LogP contribution in [-0.2, 0) is 6.42 Å². The summed E-state index contributed by atoms with van der Waals surface area (Å²) in [4.78, 5) is 3.79. The van der Waals surface area contributed by atoms with Crippen molar-refractivity contribution in [3.63, 3.8) is 0 Å². The maximum Gasteiger partial charge on any atom is 0.188 e. The van der Waals surface area contributed by atoms with E-state index in [2.05, 4.69) is 10.3 Å². The lowest BCUT2D eigenvalue weighted by Gasteiger charge is -2.16. The largest absolute Gasteiger partial charge is 0.394 e. The van der Waals surface area contributed by atoms with Crippen molar-refractivity contribution in [2.45, 2.75) is 12.5 Å².